The van der Waals surface area contributed by atoms with E-state index in [1.54, 1.807) is 0 Å². The molecular weight excluding hydrogens is 418 g/mol. The van der Waals surface area contributed by atoms with Gasteiger partial charge in [0.2, 0.25) is 0 Å². The van der Waals surface area contributed by atoms with Gasteiger partial charge in [0.15, 0.2) is 0 Å². The second kappa shape index (κ2) is 8.16. The number of piperidine rings is 1. The highest BCUT2D eigenvalue weighted by atomic mass is 79.9. The second-order valence-electron chi connectivity index (χ2n) is 7.72. The Balaban J connectivity index is 1.50. The van der Waals surface area contributed by atoms with Crippen molar-refractivity contribution in [2.24, 2.45) is 0 Å². The molecule has 2 aromatic rings. The molecule has 4 rings (SSSR count). The molecule has 28 heavy (non-hydrogen) atoms. The van der Waals surface area contributed by atoms with Crippen LogP contribution in [0.3, 0.4) is 0 Å². The number of hydrogen-bond donors (Lipinski definition) is 1. The van der Waals surface area contributed by atoms with Crippen LogP contribution >= 0.6 is 15.9 Å². The van der Waals surface area contributed by atoms with E-state index in [9.17, 15) is 4.79 Å². The van der Waals surface area contributed by atoms with Crippen molar-refractivity contribution in [3.05, 3.63) is 63.1 Å². The number of aryl methyl sites for hydroxylation is 2. The van der Waals surface area contributed by atoms with Crippen LogP contribution in [0.5, 0.6) is 5.75 Å². The Morgan fingerprint density at radius 1 is 1.21 bits per heavy atom. The van der Waals surface area contributed by atoms with Gasteiger partial charge in [0.25, 0.3) is 0 Å². The van der Waals surface area contributed by atoms with Crippen LogP contribution in [0, 0.1) is 0 Å². The van der Waals surface area contributed by atoms with E-state index in [-0.39, 0.29) is 6.10 Å². The van der Waals surface area contributed by atoms with E-state index >= 15 is 0 Å². The molecule has 4 nitrogen and oxygen atoms in total. The normalized spacial score (nSPS) is 19.5. The summed E-state index contributed by atoms with van der Waals surface area (Å²) in [4.78, 5) is 12.7. The van der Waals surface area contributed by atoms with Crippen molar-refractivity contribution in [2.45, 2.75) is 51.0 Å². The molecule has 0 saturated carbocycles. The van der Waals surface area contributed by atoms with E-state index in [4.69, 9.17) is 9.84 Å². The first-order chi connectivity index (χ1) is 13.6. The predicted octanol–water partition coefficient (Wildman–Crippen LogP) is 5.94. The van der Waals surface area contributed by atoms with Gasteiger partial charge in [-0.25, -0.2) is 4.79 Å². The molecule has 1 aliphatic carbocycles. The monoisotopic (exact) mass is 443 g/mol. The van der Waals surface area contributed by atoms with E-state index < -0.39 is 6.09 Å². The molecule has 2 aliphatic rings. The molecule has 0 bridgehead atoms. The predicted molar refractivity (Wildman–Crippen MR) is 113 cm³/mol. The number of fused-ring (bicyclic) bond motifs is 1. The molecule has 0 spiro atoms. The summed E-state index contributed by atoms with van der Waals surface area (Å²) in [5.74, 6) is 1.36. The molecule has 1 fully saturated rings. The van der Waals surface area contributed by atoms with Gasteiger partial charge >= 0.3 is 6.09 Å². The third-order valence-electron chi connectivity index (χ3n) is 6.12. The van der Waals surface area contributed by atoms with Crippen LogP contribution in [0.1, 0.15) is 60.5 Å². The third kappa shape index (κ3) is 3.77. The summed E-state index contributed by atoms with van der Waals surface area (Å²) < 4.78 is 7.53. The van der Waals surface area contributed by atoms with Crippen LogP contribution in [-0.4, -0.2) is 29.2 Å². The maximum absolute atomic E-state index is 11.1. The van der Waals surface area contributed by atoms with Gasteiger partial charge in [-0.3, -0.25) is 0 Å². The molecule has 0 unspecified atom stereocenters. The van der Waals surface area contributed by atoms with Gasteiger partial charge in [0.1, 0.15) is 11.9 Å². The fourth-order valence-electron chi connectivity index (χ4n) is 4.61. The molecule has 0 radical (unpaired) electrons. The summed E-state index contributed by atoms with van der Waals surface area (Å²) in [5.41, 5.74) is 5.33. The highest BCUT2D eigenvalue weighted by Gasteiger charge is 2.27. The first-order valence-electron chi connectivity index (χ1n) is 10.1. The minimum atomic E-state index is -0.805. The molecule has 5 heteroatoms. The zero-order valence-electron chi connectivity index (χ0n) is 16.2. The van der Waals surface area contributed by atoms with Gasteiger partial charge in [-0.05, 0) is 72.9 Å². The summed E-state index contributed by atoms with van der Waals surface area (Å²) in [6.45, 7) is 3.42. The van der Waals surface area contributed by atoms with Crippen LogP contribution < -0.4 is 4.74 Å². The Hall–Kier alpha value is -2.01. The maximum Gasteiger partial charge on any atom is 0.407 e. The number of likely N-dealkylation sites (tertiary alicyclic amines) is 1. The fraction of sp³-hybridized carbons (Fsp3) is 0.435. The van der Waals surface area contributed by atoms with Crippen LogP contribution in [0.25, 0.3) is 0 Å². The average Bonchev–Trinajstić information content (AvgIpc) is 3.12. The van der Waals surface area contributed by atoms with E-state index in [0.29, 0.717) is 19.0 Å². The van der Waals surface area contributed by atoms with Crippen molar-refractivity contribution < 1.29 is 14.6 Å². The van der Waals surface area contributed by atoms with Gasteiger partial charge in [-0.15, -0.1) is 0 Å². The van der Waals surface area contributed by atoms with Crippen molar-refractivity contribution in [1.29, 1.82) is 0 Å². The number of halogens is 1. The lowest BCUT2D eigenvalue weighted by Crippen LogP contribution is -2.36. The zero-order valence-corrected chi connectivity index (χ0v) is 17.7. The Bertz CT molecular complexity index is 874. The molecule has 1 aliphatic heterocycles. The molecular formula is C23H26BrNO3. The fourth-order valence-corrected chi connectivity index (χ4v) is 5.28. The first kappa shape index (κ1) is 19.3. The topological polar surface area (TPSA) is 49.8 Å². The summed E-state index contributed by atoms with van der Waals surface area (Å²) in [6.07, 6.45) is 4.09. The summed E-state index contributed by atoms with van der Waals surface area (Å²) >= 11 is 3.68. The maximum atomic E-state index is 11.1. The summed E-state index contributed by atoms with van der Waals surface area (Å²) in [6, 6.07) is 12.8. The standard InChI is InChI=1S/C23H26BrNO3/c1-2-15-14-18(28-21-9-6-17-4-3-5-20(24)22(17)21)7-8-19(15)16-10-12-25(13-11-16)23(26)27/h3-5,7-8,14,16,21H,2,6,9-13H2,1H3,(H,26,27)/t21-/m0/s1. The van der Waals surface area contributed by atoms with Crippen molar-refractivity contribution in [3.8, 4) is 5.75 Å². The van der Waals surface area contributed by atoms with Crippen molar-refractivity contribution in [2.75, 3.05) is 13.1 Å². The number of nitrogens with zero attached hydrogens (tertiary/aromatic N) is 1. The van der Waals surface area contributed by atoms with Crippen LogP contribution in [0.4, 0.5) is 4.79 Å². The Labute approximate surface area is 174 Å². The van der Waals surface area contributed by atoms with Gasteiger partial charge in [0.05, 0.1) is 0 Å². The molecule has 1 amide bonds. The highest BCUT2D eigenvalue weighted by molar-refractivity contribution is 9.10. The number of ether oxygens (including phenoxy) is 1. The van der Waals surface area contributed by atoms with E-state index in [2.05, 4.69) is 59.3 Å². The van der Waals surface area contributed by atoms with E-state index in [0.717, 1.165) is 42.3 Å². The molecule has 1 N–H and O–H groups in total. The Morgan fingerprint density at radius 3 is 2.71 bits per heavy atom. The molecule has 0 aromatic heterocycles. The van der Waals surface area contributed by atoms with E-state index in [1.165, 1.54) is 27.2 Å². The lowest BCUT2D eigenvalue weighted by atomic mass is 9.86. The van der Waals surface area contributed by atoms with Crippen LogP contribution in [0.2, 0.25) is 0 Å². The average molecular weight is 444 g/mol. The minimum Gasteiger partial charge on any atom is -0.486 e. The molecule has 1 atom stereocenters. The van der Waals surface area contributed by atoms with Gasteiger partial charge in [0, 0.05) is 23.1 Å². The van der Waals surface area contributed by atoms with E-state index in [1.807, 2.05) is 0 Å². The Kier molecular flexibility index (Phi) is 5.63. The number of carboxylic acid groups (broad SMARTS) is 1. The lowest BCUT2D eigenvalue weighted by molar-refractivity contribution is 0.132. The SMILES string of the molecule is CCc1cc(O[C@H]2CCc3cccc(Br)c32)ccc1C1CCN(C(=O)O)CC1. The zero-order chi connectivity index (χ0) is 19.7. The molecule has 1 saturated heterocycles. The number of rotatable bonds is 4. The van der Waals surface area contributed by atoms with Gasteiger partial charge in [-0.2, -0.15) is 0 Å². The minimum absolute atomic E-state index is 0.0972. The van der Waals surface area contributed by atoms with Crippen molar-refractivity contribution >= 4 is 22.0 Å². The Morgan fingerprint density at radius 2 is 2.00 bits per heavy atom. The van der Waals surface area contributed by atoms with Crippen molar-refractivity contribution in [3.63, 3.8) is 0 Å². The largest absolute Gasteiger partial charge is 0.486 e. The summed E-state index contributed by atoms with van der Waals surface area (Å²) in [7, 11) is 0. The highest BCUT2D eigenvalue weighted by Crippen LogP contribution is 2.40. The number of carbonyl (C=O) groups is 1. The third-order valence-corrected chi connectivity index (χ3v) is 6.81. The quantitative estimate of drug-likeness (QED) is 0.636. The first-order valence-corrected chi connectivity index (χ1v) is 10.9. The van der Waals surface area contributed by atoms with Gasteiger partial charge < -0.3 is 14.7 Å². The molecule has 1 heterocycles. The summed E-state index contributed by atoms with van der Waals surface area (Å²) in [5, 5.41) is 9.16. The lowest BCUT2D eigenvalue weighted by Gasteiger charge is -2.31. The van der Waals surface area contributed by atoms with Crippen LogP contribution in [-0.2, 0) is 12.8 Å². The smallest absolute Gasteiger partial charge is 0.407 e. The number of benzene rings is 2. The molecule has 2 aromatic carbocycles. The number of amides is 1. The molecule has 148 valence electrons. The second-order valence-corrected chi connectivity index (χ2v) is 8.57. The van der Waals surface area contributed by atoms with Gasteiger partial charge in [-0.1, -0.05) is 41.1 Å². The number of hydrogen-bond acceptors (Lipinski definition) is 2. The van der Waals surface area contributed by atoms with Crippen LogP contribution in [0.15, 0.2) is 40.9 Å². The van der Waals surface area contributed by atoms with Crippen molar-refractivity contribution in [1.82, 2.24) is 4.90 Å².